The van der Waals surface area contributed by atoms with Crippen molar-refractivity contribution in [3.05, 3.63) is 71.4 Å². The van der Waals surface area contributed by atoms with Crippen LogP contribution in [0.3, 0.4) is 0 Å². The Balaban J connectivity index is 2.12. The zero-order valence-electron chi connectivity index (χ0n) is 16.6. The van der Waals surface area contributed by atoms with E-state index in [0.717, 1.165) is 18.5 Å². The van der Waals surface area contributed by atoms with Gasteiger partial charge in [0, 0.05) is 12.1 Å². The molecule has 0 aliphatic heterocycles. The van der Waals surface area contributed by atoms with Crippen LogP contribution in [0.2, 0.25) is 0 Å². The number of amides is 2. The molecule has 2 aromatic rings. The van der Waals surface area contributed by atoms with Gasteiger partial charge in [0.1, 0.15) is 11.4 Å². The van der Waals surface area contributed by atoms with Gasteiger partial charge in [-0.15, -0.1) is 0 Å². The second-order valence-corrected chi connectivity index (χ2v) is 6.56. The van der Waals surface area contributed by atoms with Crippen molar-refractivity contribution in [3.8, 4) is 5.75 Å². The summed E-state index contributed by atoms with van der Waals surface area (Å²) in [7, 11) is 5.53. The molecule has 0 heterocycles. The topological polar surface area (TPSA) is 70.7 Å². The summed E-state index contributed by atoms with van der Waals surface area (Å²) in [5.41, 5.74) is 1.48. The van der Waals surface area contributed by atoms with Crippen molar-refractivity contribution in [1.82, 2.24) is 15.5 Å². The van der Waals surface area contributed by atoms with Crippen LogP contribution in [0, 0.1) is 0 Å². The number of hydrogen-bond donors (Lipinski definition) is 2. The van der Waals surface area contributed by atoms with Crippen molar-refractivity contribution in [2.24, 2.45) is 0 Å². The molecule has 2 amide bonds. The van der Waals surface area contributed by atoms with Gasteiger partial charge in [0.25, 0.3) is 11.8 Å². The number of ether oxygens (including phenoxy) is 1. The predicted molar refractivity (Wildman–Crippen MR) is 111 cm³/mol. The molecule has 0 aliphatic rings. The Bertz CT molecular complexity index is 800. The van der Waals surface area contributed by atoms with Crippen molar-refractivity contribution >= 4 is 17.9 Å². The van der Waals surface area contributed by atoms with Crippen LogP contribution < -0.4 is 15.4 Å². The zero-order valence-corrected chi connectivity index (χ0v) is 16.6. The molecule has 0 aliphatic carbocycles. The number of methoxy groups -OCH3 is 1. The van der Waals surface area contributed by atoms with Crippen molar-refractivity contribution < 1.29 is 14.3 Å². The molecule has 0 fully saturated rings. The van der Waals surface area contributed by atoms with Crippen LogP contribution in [0.5, 0.6) is 5.75 Å². The quantitative estimate of drug-likeness (QED) is 0.517. The number of benzene rings is 2. The van der Waals surface area contributed by atoms with Gasteiger partial charge in [0.15, 0.2) is 0 Å². The smallest absolute Gasteiger partial charge is 0.267 e. The molecule has 0 saturated carbocycles. The summed E-state index contributed by atoms with van der Waals surface area (Å²) < 4.78 is 5.11. The molecule has 2 N–H and O–H groups in total. The average molecular weight is 381 g/mol. The largest absolute Gasteiger partial charge is 0.497 e. The molecule has 0 radical (unpaired) electrons. The Labute approximate surface area is 166 Å². The standard InChI is InChI=1S/C22H27N3O3/c1-25(2)15-7-14-23-22(27)20(16-17-8-5-4-6-9-17)24-21(26)18-10-12-19(28-3)13-11-18/h4-6,8-13,16H,7,14-15H2,1-3H3,(H,23,27)(H,24,26)/b20-16+. The van der Waals surface area contributed by atoms with Crippen molar-refractivity contribution in [1.29, 1.82) is 0 Å². The Hall–Kier alpha value is -3.12. The number of nitrogens with one attached hydrogen (secondary N) is 2. The number of nitrogens with zero attached hydrogens (tertiary/aromatic N) is 1. The molecule has 0 unspecified atom stereocenters. The van der Waals surface area contributed by atoms with Crippen LogP contribution in [0.4, 0.5) is 0 Å². The molecule has 0 spiro atoms. The first-order valence-corrected chi connectivity index (χ1v) is 9.14. The van der Waals surface area contributed by atoms with Gasteiger partial charge in [0.05, 0.1) is 7.11 Å². The number of hydrogen-bond acceptors (Lipinski definition) is 4. The molecular formula is C22H27N3O3. The summed E-state index contributed by atoms with van der Waals surface area (Å²) in [6.45, 7) is 1.40. The van der Waals surface area contributed by atoms with Gasteiger partial charge in [-0.25, -0.2) is 0 Å². The van der Waals surface area contributed by atoms with E-state index < -0.39 is 0 Å². The minimum Gasteiger partial charge on any atom is -0.497 e. The highest BCUT2D eigenvalue weighted by Crippen LogP contribution is 2.12. The van der Waals surface area contributed by atoms with Gasteiger partial charge in [-0.1, -0.05) is 30.3 Å². The minimum absolute atomic E-state index is 0.205. The van der Waals surface area contributed by atoms with Gasteiger partial charge in [-0.3, -0.25) is 9.59 Å². The first-order chi connectivity index (χ1) is 13.5. The fourth-order valence-corrected chi connectivity index (χ4v) is 2.50. The van der Waals surface area contributed by atoms with Crippen LogP contribution in [0.25, 0.3) is 6.08 Å². The second-order valence-electron chi connectivity index (χ2n) is 6.56. The van der Waals surface area contributed by atoms with Gasteiger partial charge in [0.2, 0.25) is 0 Å². The van der Waals surface area contributed by atoms with E-state index in [1.165, 1.54) is 0 Å². The van der Waals surface area contributed by atoms with E-state index in [1.807, 2.05) is 44.4 Å². The van der Waals surface area contributed by atoms with E-state index in [9.17, 15) is 9.59 Å². The maximum Gasteiger partial charge on any atom is 0.267 e. The molecular weight excluding hydrogens is 354 g/mol. The first kappa shape index (κ1) is 21.2. The molecule has 148 valence electrons. The van der Waals surface area contributed by atoms with E-state index in [0.29, 0.717) is 17.9 Å². The zero-order chi connectivity index (χ0) is 20.4. The number of rotatable bonds is 9. The van der Waals surface area contributed by atoms with Crippen molar-refractivity contribution in [3.63, 3.8) is 0 Å². The average Bonchev–Trinajstić information content (AvgIpc) is 2.71. The van der Waals surface area contributed by atoms with Crippen LogP contribution in [-0.2, 0) is 4.79 Å². The lowest BCUT2D eigenvalue weighted by Gasteiger charge is -2.13. The highest BCUT2D eigenvalue weighted by atomic mass is 16.5. The lowest BCUT2D eigenvalue weighted by molar-refractivity contribution is -0.117. The number of carbonyl (C=O) groups excluding carboxylic acids is 2. The molecule has 0 aromatic heterocycles. The van der Waals surface area contributed by atoms with Crippen molar-refractivity contribution in [2.45, 2.75) is 6.42 Å². The van der Waals surface area contributed by atoms with E-state index in [4.69, 9.17) is 4.74 Å². The SMILES string of the molecule is COc1ccc(C(=O)N/C(=C/c2ccccc2)C(=O)NCCCN(C)C)cc1. The summed E-state index contributed by atoms with van der Waals surface area (Å²) in [6, 6.07) is 16.1. The third kappa shape index (κ3) is 6.89. The normalized spacial score (nSPS) is 11.2. The third-order valence-corrected chi connectivity index (χ3v) is 4.02. The van der Waals surface area contributed by atoms with Crippen molar-refractivity contribution in [2.75, 3.05) is 34.3 Å². The summed E-state index contributed by atoms with van der Waals surface area (Å²) in [5, 5.41) is 5.59. The highest BCUT2D eigenvalue weighted by molar-refractivity contribution is 6.05. The molecule has 0 bridgehead atoms. The molecule has 6 heteroatoms. The maximum absolute atomic E-state index is 12.6. The summed E-state index contributed by atoms with van der Waals surface area (Å²) in [4.78, 5) is 27.3. The monoisotopic (exact) mass is 381 g/mol. The maximum atomic E-state index is 12.6. The Morgan fingerprint density at radius 3 is 2.32 bits per heavy atom. The minimum atomic E-state index is -0.353. The van der Waals surface area contributed by atoms with E-state index in [1.54, 1.807) is 37.5 Å². The Morgan fingerprint density at radius 1 is 1.04 bits per heavy atom. The molecule has 0 atom stereocenters. The second kappa shape index (κ2) is 10.9. The van der Waals surface area contributed by atoms with Gasteiger partial charge < -0.3 is 20.3 Å². The predicted octanol–water partition coefficient (Wildman–Crippen LogP) is 2.53. The molecule has 0 saturated heterocycles. The highest BCUT2D eigenvalue weighted by Gasteiger charge is 2.14. The molecule has 6 nitrogen and oxygen atoms in total. The van der Waals surface area contributed by atoms with Gasteiger partial charge >= 0.3 is 0 Å². The van der Waals surface area contributed by atoms with Gasteiger partial charge in [-0.05, 0) is 63.0 Å². The Morgan fingerprint density at radius 2 is 1.71 bits per heavy atom. The Kier molecular flexibility index (Phi) is 8.24. The van der Waals surface area contributed by atoms with E-state index >= 15 is 0 Å². The van der Waals surface area contributed by atoms with Crippen LogP contribution in [0.1, 0.15) is 22.3 Å². The van der Waals surface area contributed by atoms with Crippen LogP contribution >= 0.6 is 0 Å². The fraction of sp³-hybridized carbons (Fsp3) is 0.273. The summed E-state index contributed by atoms with van der Waals surface area (Å²) in [5.74, 6) is -0.00650. The van der Waals surface area contributed by atoms with E-state index in [2.05, 4.69) is 15.5 Å². The van der Waals surface area contributed by atoms with E-state index in [-0.39, 0.29) is 17.5 Å². The van der Waals surface area contributed by atoms with Crippen LogP contribution in [0.15, 0.2) is 60.3 Å². The first-order valence-electron chi connectivity index (χ1n) is 9.14. The van der Waals surface area contributed by atoms with Crippen LogP contribution in [-0.4, -0.2) is 51.0 Å². The molecule has 2 aromatic carbocycles. The summed E-state index contributed by atoms with van der Waals surface area (Å²) in [6.07, 6.45) is 2.49. The lowest BCUT2D eigenvalue weighted by atomic mass is 10.1. The molecule has 2 rings (SSSR count). The number of carbonyl (C=O) groups is 2. The molecule has 28 heavy (non-hydrogen) atoms. The lowest BCUT2D eigenvalue weighted by Crippen LogP contribution is -2.36. The summed E-state index contributed by atoms with van der Waals surface area (Å²) >= 11 is 0. The van der Waals surface area contributed by atoms with Gasteiger partial charge in [-0.2, -0.15) is 0 Å². The fourth-order valence-electron chi connectivity index (χ4n) is 2.50. The third-order valence-electron chi connectivity index (χ3n) is 4.02.